The fraction of sp³-hybridized carbons (Fsp3) is 0.300. The number of carbonyl (C=O) groups is 1. The Labute approximate surface area is 152 Å². The molecule has 0 spiro atoms. The van der Waals surface area contributed by atoms with E-state index < -0.39 is 12.1 Å². The maximum Gasteiger partial charge on any atom is 0.407 e. The number of nitrogens with zero attached hydrogens (tertiary/aromatic N) is 2. The van der Waals surface area contributed by atoms with Crippen LogP contribution < -0.4 is 4.74 Å². The van der Waals surface area contributed by atoms with E-state index in [1.807, 2.05) is 51.2 Å². The van der Waals surface area contributed by atoms with Crippen molar-refractivity contribution in [3.05, 3.63) is 54.5 Å². The zero-order valence-electron chi connectivity index (χ0n) is 15.4. The Morgan fingerprint density at radius 1 is 1.19 bits per heavy atom. The van der Waals surface area contributed by atoms with Gasteiger partial charge in [0, 0.05) is 36.4 Å². The summed E-state index contributed by atoms with van der Waals surface area (Å²) in [6.07, 6.45) is 2.54. The second kappa shape index (κ2) is 6.71. The van der Waals surface area contributed by atoms with E-state index in [2.05, 4.69) is 9.97 Å². The molecule has 0 bridgehead atoms. The van der Waals surface area contributed by atoms with Crippen LogP contribution >= 0.6 is 0 Å². The average molecular weight is 353 g/mol. The molecule has 26 heavy (non-hydrogen) atoms. The van der Waals surface area contributed by atoms with Gasteiger partial charge in [-0.2, -0.15) is 0 Å². The minimum Gasteiger partial charge on any atom is -0.465 e. The Balaban J connectivity index is 1.92. The number of benzene rings is 1. The molecule has 3 aromatic rings. The third-order valence-corrected chi connectivity index (χ3v) is 4.30. The molecule has 1 atom stereocenters. The largest absolute Gasteiger partial charge is 0.465 e. The standard InChI is InChI=1S/C20H23N3O3/c1-20(2,3)18(23(4)19(24)25)17-12-15(8-10-22-17)26-14-5-6-16-13(11-14)7-9-21-16/h5-12,18,21H,1-4H3,(H,24,25). The number of nitrogens with one attached hydrogen (secondary N) is 1. The van der Waals surface area contributed by atoms with E-state index in [1.165, 1.54) is 4.90 Å². The lowest BCUT2D eigenvalue weighted by atomic mass is 9.83. The first kappa shape index (κ1) is 17.8. The van der Waals surface area contributed by atoms with Gasteiger partial charge in [-0.1, -0.05) is 20.8 Å². The second-order valence-electron chi connectivity index (χ2n) is 7.41. The number of pyridine rings is 1. The third kappa shape index (κ3) is 3.64. The third-order valence-electron chi connectivity index (χ3n) is 4.30. The molecular formula is C20H23N3O3. The summed E-state index contributed by atoms with van der Waals surface area (Å²) in [5.41, 5.74) is 1.38. The van der Waals surface area contributed by atoms with E-state index in [9.17, 15) is 9.90 Å². The highest BCUT2D eigenvalue weighted by Gasteiger charge is 2.33. The van der Waals surface area contributed by atoms with Crippen LogP contribution in [0.2, 0.25) is 0 Å². The molecule has 1 aromatic carbocycles. The lowest BCUT2D eigenvalue weighted by Crippen LogP contribution is -2.38. The number of fused-ring (bicyclic) bond motifs is 1. The summed E-state index contributed by atoms with van der Waals surface area (Å²) >= 11 is 0. The van der Waals surface area contributed by atoms with Crippen molar-refractivity contribution in [3.63, 3.8) is 0 Å². The molecule has 6 nitrogen and oxygen atoms in total. The van der Waals surface area contributed by atoms with Gasteiger partial charge in [0.05, 0.1) is 11.7 Å². The molecule has 3 rings (SSSR count). The van der Waals surface area contributed by atoms with Gasteiger partial charge in [-0.3, -0.25) is 4.98 Å². The number of amides is 1. The van der Waals surface area contributed by atoms with Gasteiger partial charge in [-0.25, -0.2) is 4.79 Å². The first-order chi connectivity index (χ1) is 12.3. The lowest BCUT2D eigenvalue weighted by molar-refractivity contribution is 0.0965. The van der Waals surface area contributed by atoms with E-state index in [4.69, 9.17) is 4.74 Å². The molecule has 1 unspecified atom stereocenters. The van der Waals surface area contributed by atoms with Gasteiger partial charge in [0.15, 0.2) is 0 Å². The number of ether oxygens (including phenoxy) is 1. The van der Waals surface area contributed by atoms with Gasteiger partial charge in [-0.05, 0) is 35.7 Å². The molecule has 6 heteroatoms. The summed E-state index contributed by atoms with van der Waals surface area (Å²) < 4.78 is 5.98. The van der Waals surface area contributed by atoms with Crippen LogP contribution in [0.3, 0.4) is 0 Å². The molecule has 136 valence electrons. The quantitative estimate of drug-likeness (QED) is 0.688. The van der Waals surface area contributed by atoms with Crippen LogP contribution in [-0.2, 0) is 0 Å². The van der Waals surface area contributed by atoms with Crippen LogP contribution in [-0.4, -0.2) is 33.1 Å². The van der Waals surface area contributed by atoms with Crippen molar-refractivity contribution in [2.24, 2.45) is 5.41 Å². The lowest BCUT2D eigenvalue weighted by Gasteiger charge is -2.36. The first-order valence-electron chi connectivity index (χ1n) is 8.42. The van der Waals surface area contributed by atoms with Gasteiger partial charge >= 0.3 is 6.09 Å². The molecule has 2 aromatic heterocycles. The van der Waals surface area contributed by atoms with Gasteiger partial charge in [0.1, 0.15) is 11.5 Å². The number of rotatable bonds is 4. The van der Waals surface area contributed by atoms with E-state index in [1.54, 1.807) is 25.4 Å². The van der Waals surface area contributed by atoms with Gasteiger partial charge in [-0.15, -0.1) is 0 Å². The predicted octanol–water partition coefficient (Wildman–Crippen LogP) is 5.05. The molecule has 0 fully saturated rings. The molecule has 0 aliphatic rings. The topological polar surface area (TPSA) is 78.5 Å². The second-order valence-corrected chi connectivity index (χ2v) is 7.41. The van der Waals surface area contributed by atoms with Crippen molar-refractivity contribution >= 4 is 17.0 Å². The van der Waals surface area contributed by atoms with Crippen molar-refractivity contribution in [2.75, 3.05) is 7.05 Å². The van der Waals surface area contributed by atoms with Crippen molar-refractivity contribution in [1.82, 2.24) is 14.9 Å². The smallest absolute Gasteiger partial charge is 0.407 e. The number of aromatic amines is 1. The Kier molecular flexibility index (Phi) is 4.59. The molecule has 1 amide bonds. The van der Waals surface area contributed by atoms with Crippen molar-refractivity contribution in [1.29, 1.82) is 0 Å². The van der Waals surface area contributed by atoms with Gasteiger partial charge < -0.3 is 19.7 Å². The molecule has 2 N–H and O–H groups in total. The Hall–Kier alpha value is -3.02. The van der Waals surface area contributed by atoms with Crippen LogP contribution in [0.25, 0.3) is 10.9 Å². The van der Waals surface area contributed by atoms with Crippen molar-refractivity contribution in [3.8, 4) is 11.5 Å². The van der Waals surface area contributed by atoms with Crippen LogP contribution in [0, 0.1) is 5.41 Å². The van der Waals surface area contributed by atoms with E-state index >= 15 is 0 Å². The molecule has 0 aliphatic heterocycles. The minimum absolute atomic E-state index is 0.317. The zero-order valence-corrected chi connectivity index (χ0v) is 15.4. The van der Waals surface area contributed by atoms with Crippen LogP contribution in [0.5, 0.6) is 11.5 Å². The number of aromatic nitrogens is 2. The van der Waals surface area contributed by atoms with E-state index in [0.717, 1.165) is 10.9 Å². The Morgan fingerprint density at radius 2 is 1.92 bits per heavy atom. The maximum atomic E-state index is 11.5. The highest BCUT2D eigenvalue weighted by Crippen LogP contribution is 2.37. The Bertz CT molecular complexity index is 927. The highest BCUT2D eigenvalue weighted by molar-refractivity contribution is 5.80. The first-order valence-corrected chi connectivity index (χ1v) is 8.42. The predicted molar refractivity (Wildman–Crippen MR) is 101 cm³/mol. The molecule has 0 saturated heterocycles. The van der Waals surface area contributed by atoms with E-state index in [-0.39, 0.29) is 5.41 Å². The summed E-state index contributed by atoms with van der Waals surface area (Å²) in [6, 6.07) is 11.0. The number of hydrogen-bond acceptors (Lipinski definition) is 3. The molecule has 0 aliphatic carbocycles. The maximum absolute atomic E-state index is 11.5. The summed E-state index contributed by atoms with van der Waals surface area (Å²) in [5.74, 6) is 1.34. The fourth-order valence-electron chi connectivity index (χ4n) is 3.21. The molecule has 0 saturated carbocycles. The Morgan fingerprint density at radius 3 is 2.62 bits per heavy atom. The fourth-order valence-corrected chi connectivity index (χ4v) is 3.21. The molecule has 2 heterocycles. The highest BCUT2D eigenvalue weighted by atomic mass is 16.5. The van der Waals surface area contributed by atoms with Crippen LogP contribution in [0.15, 0.2) is 48.8 Å². The van der Waals surface area contributed by atoms with E-state index in [0.29, 0.717) is 17.2 Å². The number of H-pyrrole nitrogens is 1. The normalized spacial score (nSPS) is 12.8. The molecular weight excluding hydrogens is 330 g/mol. The average Bonchev–Trinajstić information content (AvgIpc) is 3.01. The van der Waals surface area contributed by atoms with Crippen molar-refractivity contribution in [2.45, 2.75) is 26.8 Å². The zero-order chi connectivity index (χ0) is 18.9. The summed E-state index contributed by atoms with van der Waals surface area (Å²) in [7, 11) is 1.56. The monoisotopic (exact) mass is 353 g/mol. The summed E-state index contributed by atoms with van der Waals surface area (Å²) in [5, 5.41) is 10.5. The summed E-state index contributed by atoms with van der Waals surface area (Å²) in [6.45, 7) is 5.98. The van der Waals surface area contributed by atoms with Crippen LogP contribution in [0.4, 0.5) is 4.79 Å². The number of carboxylic acid groups (broad SMARTS) is 1. The summed E-state index contributed by atoms with van der Waals surface area (Å²) in [4.78, 5) is 20.3. The van der Waals surface area contributed by atoms with Gasteiger partial charge in [0.25, 0.3) is 0 Å². The molecule has 0 radical (unpaired) electrons. The minimum atomic E-state index is -0.990. The van der Waals surface area contributed by atoms with Crippen molar-refractivity contribution < 1.29 is 14.6 Å². The van der Waals surface area contributed by atoms with Gasteiger partial charge in [0.2, 0.25) is 0 Å². The number of hydrogen-bond donors (Lipinski definition) is 2. The van der Waals surface area contributed by atoms with Crippen LogP contribution in [0.1, 0.15) is 32.5 Å². The SMILES string of the molecule is CN(C(=O)O)C(c1cc(Oc2ccc3[nH]ccc3c2)ccn1)C(C)(C)C.